The second kappa shape index (κ2) is 3.90. The normalized spacial score (nSPS) is 10.2. The van der Waals surface area contributed by atoms with Crippen molar-refractivity contribution in [3.05, 3.63) is 51.2 Å². The summed E-state index contributed by atoms with van der Waals surface area (Å²) in [6.07, 6.45) is 0. The van der Waals surface area contributed by atoms with Gasteiger partial charge in [0.1, 0.15) is 0 Å². The Bertz CT molecular complexity index is 534. The molecule has 0 radical (unpaired) electrons. The van der Waals surface area contributed by atoms with Crippen LogP contribution in [0.4, 0.5) is 0 Å². The highest BCUT2D eigenvalue weighted by atomic mass is 79.9. The summed E-state index contributed by atoms with van der Waals surface area (Å²) in [7, 11) is 0. The highest BCUT2D eigenvalue weighted by molar-refractivity contribution is 9.10. The van der Waals surface area contributed by atoms with Crippen molar-refractivity contribution in [2.75, 3.05) is 0 Å². The largest absolute Gasteiger partial charge is 0.494 e. The lowest BCUT2D eigenvalue weighted by Gasteiger charge is -2.02. The molecule has 0 spiro atoms. The molecule has 3 nitrogen and oxygen atoms in total. The van der Waals surface area contributed by atoms with Gasteiger partial charge in [0.25, 0.3) is 5.56 Å². The van der Waals surface area contributed by atoms with Gasteiger partial charge in [-0.05, 0) is 27.6 Å². The second-order valence-corrected chi connectivity index (χ2v) is 3.93. The van der Waals surface area contributed by atoms with E-state index in [1.807, 2.05) is 30.3 Å². The van der Waals surface area contributed by atoms with E-state index in [0.29, 0.717) is 10.0 Å². The average Bonchev–Trinajstić information content (AvgIpc) is 2.25. The van der Waals surface area contributed by atoms with Crippen LogP contribution in [0.25, 0.3) is 11.1 Å². The Kier molecular flexibility index (Phi) is 2.60. The minimum absolute atomic E-state index is 0.153. The number of aromatic amines is 1. The first-order valence-electron chi connectivity index (χ1n) is 4.35. The molecule has 1 aromatic heterocycles. The van der Waals surface area contributed by atoms with E-state index in [1.165, 1.54) is 0 Å². The number of benzene rings is 1. The van der Waals surface area contributed by atoms with Crippen LogP contribution in [0.5, 0.6) is 5.88 Å². The van der Waals surface area contributed by atoms with E-state index in [0.717, 1.165) is 5.56 Å². The van der Waals surface area contributed by atoms with E-state index in [-0.39, 0.29) is 11.4 Å². The molecule has 0 saturated heterocycles. The maximum Gasteiger partial charge on any atom is 0.258 e. The van der Waals surface area contributed by atoms with Crippen molar-refractivity contribution < 1.29 is 5.11 Å². The van der Waals surface area contributed by atoms with Crippen LogP contribution in [0.15, 0.2) is 45.7 Å². The van der Waals surface area contributed by atoms with Crippen LogP contribution in [0.3, 0.4) is 0 Å². The molecule has 0 saturated carbocycles. The van der Waals surface area contributed by atoms with Gasteiger partial charge in [-0.15, -0.1) is 0 Å². The smallest absolute Gasteiger partial charge is 0.258 e. The standard InChI is InChI=1S/C11H8BrNO2/c12-9-6-8(10(14)13-11(9)15)7-4-2-1-3-5-7/h1-6H,(H2,13,14,15). The zero-order valence-electron chi connectivity index (χ0n) is 7.70. The molecule has 2 rings (SSSR count). The van der Waals surface area contributed by atoms with Gasteiger partial charge in [-0.3, -0.25) is 9.78 Å². The van der Waals surface area contributed by atoms with Crippen LogP contribution in [0, 0.1) is 0 Å². The highest BCUT2D eigenvalue weighted by Gasteiger charge is 2.06. The molecule has 0 atom stereocenters. The maximum atomic E-state index is 11.6. The molecule has 15 heavy (non-hydrogen) atoms. The molecule has 1 aromatic carbocycles. The first kappa shape index (κ1) is 9.98. The van der Waals surface area contributed by atoms with Gasteiger partial charge >= 0.3 is 0 Å². The van der Waals surface area contributed by atoms with Crippen molar-refractivity contribution in [2.24, 2.45) is 0 Å². The first-order valence-corrected chi connectivity index (χ1v) is 5.15. The predicted octanol–water partition coefficient (Wildman–Crippen LogP) is 2.51. The van der Waals surface area contributed by atoms with Crippen molar-refractivity contribution in [1.82, 2.24) is 4.98 Å². The molecular weight excluding hydrogens is 258 g/mol. The van der Waals surface area contributed by atoms with Gasteiger partial charge in [0.15, 0.2) is 0 Å². The number of aromatic nitrogens is 1. The molecule has 0 aliphatic heterocycles. The van der Waals surface area contributed by atoms with Gasteiger partial charge in [0.2, 0.25) is 5.88 Å². The fourth-order valence-corrected chi connectivity index (χ4v) is 1.66. The van der Waals surface area contributed by atoms with E-state index in [1.54, 1.807) is 6.07 Å². The topological polar surface area (TPSA) is 53.1 Å². The first-order chi connectivity index (χ1) is 7.18. The summed E-state index contributed by atoms with van der Waals surface area (Å²) in [5.74, 6) is -0.153. The fraction of sp³-hybridized carbons (Fsp3) is 0. The number of H-pyrrole nitrogens is 1. The molecule has 4 heteroatoms. The molecule has 2 aromatic rings. The monoisotopic (exact) mass is 265 g/mol. The van der Waals surface area contributed by atoms with Crippen LogP contribution >= 0.6 is 15.9 Å². The van der Waals surface area contributed by atoms with Crippen molar-refractivity contribution in [3.63, 3.8) is 0 Å². The van der Waals surface area contributed by atoms with Gasteiger partial charge in [0, 0.05) is 5.56 Å². The molecule has 2 N–H and O–H groups in total. The third kappa shape index (κ3) is 1.94. The summed E-state index contributed by atoms with van der Waals surface area (Å²) >= 11 is 3.16. The van der Waals surface area contributed by atoms with Crippen LogP contribution < -0.4 is 5.56 Å². The summed E-state index contributed by atoms with van der Waals surface area (Å²) in [6.45, 7) is 0. The maximum absolute atomic E-state index is 11.6. The Morgan fingerprint density at radius 3 is 2.53 bits per heavy atom. The molecule has 0 aliphatic rings. The van der Waals surface area contributed by atoms with E-state index in [4.69, 9.17) is 0 Å². The van der Waals surface area contributed by atoms with E-state index < -0.39 is 0 Å². The molecule has 0 fully saturated rings. The van der Waals surface area contributed by atoms with Crippen molar-refractivity contribution in [2.45, 2.75) is 0 Å². The minimum Gasteiger partial charge on any atom is -0.494 e. The van der Waals surface area contributed by atoms with Crippen LogP contribution in [-0.2, 0) is 0 Å². The molecule has 0 amide bonds. The number of hydrogen-bond donors (Lipinski definition) is 2. The van der Waals surface area contributed by atoms with Crippen molar-refractivity contribution in [3.8, 4) is 17.0 Å². The van der Waals surface area contributed by atoms with Crippen LogP contribution in [0.1, 0.15) is 0 Å². The Morgan fingerprint density at radius 1 is 1.20 bits per heavy atom. The number of pyridine rings is 1. The average molecular weight is 266 g/mol. The second-order valence-electron chi connectivity index (χ2n) is 3.07. The quantitative estimate of drug-likeness (QED) is 0.833. The number of hydrogen-bond acceptors (Lipinski definition) is 2. The van der Waals surface area contributed by atoms with Crippen molar-refractivity contribution >= 4 is 15.9 Å². The zero-order chi connectivity index (χ0) is 10.8. The van der Waals surface area contributed by atoms with E-state index in [9.17, 15) is 9.90 Å². The summed E-state index contributed by atoms with van der Waals surface area (Å²) in [5.41, 5.74) is 1.04. The van der Waals surface area contributed by atoms with Gasteiger partial charge in [-0.25, -0.2) is 0 Å². The molecule has 0 bridgehead atoms. The van der Waals surface area contributed by atoms with Crippen LogP contribution in [-0.4, -0.2) is 10.1 Å². The number of aromatic hydroxyl groups is 1. The molecular formula is C11H8BrNO2. The summed E-state index contributed by atoms with van der Waals surface area (Å²) < 4.78 is 0.473. The Labute approximate surface area is 94.5 Å². The third-order valence-corrected chi connectivity index (χ3v) is 2.66. The third-order valence-electron chi connectivity index (χ3n) is 2.06. The predicted molar refractivity (Wildman–Crippen MR) is 61.9 cm³/mol. The van der Waals surface area contributed by atoms with E-state index >= 15 is 0 Å². The lowest BCUT2D eigenvalue weighted by molar-refractivity contribution is 0.448. The Balaban J connectivity index is 2.65. The number of rotatable bonds is 1. The summed E-state index contributed by atoms with van der Waals surface area (Å²) in [5, 5.41) is 9.27. The summed E-state index contributed by atoms with van der Waals surface area (Å²) in [6, 6.07) is 10.9. The SMILES string of the molecule is O=c1[nH]c(O)c(Br)cc1-c1ccccc1. The van der Waals surface area contributed by atoms with Gasteiger partial charge in [-0.1, -0.05) is 30.3 Å². The molecule has 0 aliphatic carbocycles. The van der Waals surface area contributed by atoms with Gasteiger partial charge < -0.3 is 5.11 Å². The number of halogens is 1. The molecule has 1 heterocycles. The molecule has 76 valence electrons. The zero-order valence-corrected chi connectivity index (χ0v) is 9.28. The fourth-order valence-electron chi connectivity index (χ4n) is 1.33. The van der Waals surface area contributed by atoms with Gasteiger partial charge in [0.05, 0.1) is 4.47 Å². The Morgan fingerprint density at radius 2 is 1.87 bits per heavy atom. The summed E-state index contributed by atoms with van der Waals surface area (Å²) in [4.78, 5) is 13.9. The Hall–Kier alpha value is -1.55. The van der Waals surface area contributed by atoms with Crippen molar-refractivity contribution in [1.29, 1.82) is 0 Å². The van der Waals surface area contributed by atoms with Gasteiger partial charge in [-0.2, -0.15) is 0 Å². The molecule has 0 unspecified atom stereocenters. The minimum atomic E-state index is -0.304. The van der Waals surface area contributed by atoms with Crippen LogP contribution in [0.2, 0.25) is 0 Å². The lowest BCUT2D eigenvalue weighted by atomic mass is 10.1. The van der Waals surface area contributed by atoms with E-state index in [2.05, 4.69) is 20.9 Å². The number of nitrogens with one attached hydrogen (secondary N) is 1. The lowest BCUT2D eigenvalue weighted by Crippen LogP contribution is -2.08. The highest BCUT2D eigenvalue weighted by Crippen LogP contribution is 2.24.